The summed E-state index contributed by atoms with van der Waals surface area (Å²) in [5.74, 6) is -5.02. The number of carbonyl (C=O) groups excluding carboxylic acids is 2. The largest absolute Gasteiger partial charge is 0.539 e. The third-order valence-corrected chi connectivity index (χ3v) is 6.40. The minimum absolute atomic E-state index is 0.196. The van der Waals surface area contributed by atoms with Crippen LogP contribution in [0.4, 0.5) is 5.69 Å². The van der Waals surface area contributed by atoms with Crippen LogP contribution >= 0.6 is 0 Å². The SMILES string of the molecule is COc1cccc([NH+]2CC[NH+](CC(O)COc3cc(OC)c(OC)c(OC)c3)C(C)C2)c1.O=C([O-])C(=O)O.O=C([O-])C(=O)O. The number of piperazine rings is 1. The van der Waals surface area contributed by atoms with E-state index >= 15 is 0 Å². The Kier molecular flexibility index (Phi) is 15.8. The van der Waals surface area contributed by atoms with Crippen LogP contribution in [0.25, 0.3) is 0 Å². The first-order chi connectivity index (χ1) is 20.8. The molecule has 44 heavy (non-hydrogen) atoms. The molecule has 0 bridgehead atoms. The van der Waals surface area contributed by atoms with Gasteiger partial charge in [0.1, 0.15) is 62.1 Å². The molecular weight excluding hydrogens is 588 g/mol. The Hall–Kier alpha value is -4.80. The predicted molar refractivity (Wildman–Crippen MR) is 146 cm³/mol. The Morgan fingerprint density at radius 1 is 0.864 bits per heavy atom. The Morgan fingerprint density at radius 2 is 1.41 bits per heavy atom. The van der Waals surface area contributed by atoms with Gasteiger partial charge in [0.15, 0.2) is 23.4 Å². The Labute approximate surface area is 253 Å². The molecule has 1 aliphatic rings. The molecule has 5 N–H and O–H groups in total. The fourth-order valence-electron chi connectivity index (χ4n) is 4.28. The third kappa shape index (κ3) is 12.2. The highest BCUT2D eigenvalue weighted by Gasteiger charge is 2.32. The molecule has 2 aromatic rings. The molecule has 0 amide bonds. The maximum atomic E-state index is 10.6. The summed E-state index contributed by atoms with van der Waals surface area (Å²) in [6, 6.07) is 12.1. The van der Waals surface area contributed by atoms with Crippen molar-refractivity contribution in [2.75, 3.05) is 61.2 Å². The van der Waals surface area contributed by atoms with E-state index < -0.39 is 30.0 Å². The number of benzene rings is 2. The second-order valence-electron chi connectivity index (χ2n) is 9.31. The molecule has 16 heteroatoms. The first-order valence-electron chi connectivity index (χ1n) is 13.1. The number of aliphatic hydroxyl groups excluding tert-OH is 1. The van der Waals surface area contributed by atoms with E-state index in [2.05, 4.69) is 19.1 Å². The third-order valence-electron chi connectivity index (χ3n) is 6.40. The Bertz CT molecular complexity index is 1180. The second kappa shape index (κ2) is 18.7. The number of nitrogens with one attached hydrogen (secondary N) is 2. The van der Waals surface area contributed by atoms with Crippen LogP contribution in [0.2, 0.25) is 0 Å². The van der Waals surface area contributed by atoms with Crippen molar-refractivity contribution in [2.45, 2.75) is 19.1 Å². The number of hydrogen-bond donors (Lipinski definition) is 5. The Balaban J connectivity index is 0.000000681. The van der Waals surface area contributed by atoms with E-state index in [0.717, 1.165) is 25.4 Å². The van der Waals surface area contributed by atoms with Gasteiger partial charge in [0.05, 0.1) is 28.4 Å². The number of hydrogen-bond acceptors (Lipinski definition) is 12. The smallest absolute Gasteiger partial charge is 0.351 e. The molecule has 1 heterocycles. The van der Waals surface area contributed by atoms with Gasteiger partial charge >= 0.3 is 11.9 Å². The van der Waals surface area contributed by atoms with Gasteiger partial charge in [0.25, 0.3) is 0 Å². The van der Waals surface area contributed by atoms with Crippen LogP contribution in [-0.4, -0.2) is 113 Å². The summed E-state index contributed by atoms with van der Waals surface area (Å²) in [6.07, 6.45) is -0.579. The summed E-state index contributed by atoms with van der Waals surface area (Å²) >= 11 is 0. The fraction of sp³-hybridized carbons (Fsp3) is 0.429. The molecule has 3 rings (SSSR count). The zero-order chi connectivity index (χ0) is 33.4. The molecule has 0 aliphatic carbocycles. The molecule has 1 aliphatic heterocycles. The van der Waals surface area contributed by atoms with Crippen LogP contribution in [0.5, 0.6) is 28.7 Å². The average Bonchev–Trinajstić information content (AvgIpc) is 3.00. The van der Waals surface area contributed by atoms with Crippen molar-refractivity contribution < 1.29 is 78.2 Å². The van der Waals surface area contributed by atoms with E-state index in [4.69, 9.17) is 63.3 Å². The lowest BCUT2D eigenvalue weighted by Gasteiger charge is -2.35. The number of quaternary nitrogens is 2. The molecule has 0 aromatic heterocycles. The number of carboxylic acid groups (broad SMARTS) is 4. The van der Waals surface area contributed by atoms with Crippen molar-refractivity contribution >= 4 is 29.6 Å². The van der Waals surface area contributed by atoms with Crippen LogP contribution in [0, 0.1) is 0 Å². The first kappa shape index (κ1) is 37.2. The summed E-state index contributed by atoms with van der Waals surface area (Å²) in [4.78, 5) is 38.9. The molecule has 4 atom stereocenters. The lowest BCUT2D eigenvalue weighted by atomic mass is 10.1. The lowest BCUT2D eigenvalue weighted by Crippen LogP contribution is -3.29. The van der Waals surface area contributed by atoms with E-state index in [-0.39, 0.29) is 6.61 Å². The molecule has 0 spiro atoms. The lowest BCUT2D eigenvalue weighted by molar-refractivity contribution is -1.01. The van der Waals surface area contributed by atoms with Crippen molar-refractivity contribution in [3.63, 3.8) is 0 Å². The topological polar surface area (TPSA) is 230 Å². The van der Waals surface area contributed by atoms with E-state index in [9.17, 15) is 5.11 Å². The summed E-state index contributed by atoms with van der Waals surface area (Å²) in [7, 11) is 6.38. The number of carbonyl (C=O) groups is 4. The monoisotopic (exact) mass is 626 g/mol. The van der Waals surface area contributed by atoms with Crippen LogP contribution in [-0.2, 0) is 19.2 Å². The highest BCUT2D eigenvalue weighted by atomic mass is 16.5. The number of aliphatic carboxylic acids is 4. The van der Waals surface area contributed by atoms with Gasteiger partial charge in [-0.25, -0.2) is 9.59 Å². The quantitative estimate of drug-likeness (QED) is 0.157. The van der Waals surface area contributed by atoms with Crippen molar-refractivity contribution in [2.24, 2.45) is 0 Å². The highest BCUT2D eigenvalue weighted by Crippen LogP contribution is 2.40. The van der Waals surface area contributed by atoms with Gasteiger partial charge < -0.3 is 63.7 Å². The number of methoxy groups -OCH3 is 4. The molecule has 1 fully saturated rings. The summed E-state index contributed by atoms with van der Waals surface area (Å²) in [6.45, 7) is 6.06. The summed E-state index contributed by atoms with van der Waals surface area (Å²) < 4.78 is 27.3. The van der Waals surface area contributed by atoms with Gasteiger partial charge in [-0.05, 0) is 19.1 Å². The van der Waals surface area contributed by atoms with E-state index in [1.807, 2.05) is 12.1 Å². The standard InChI is InChI=1S/C24H34N2O6.2C2H2O4/c1-17-14-26(18-7-6-8-20(11-18)28-2)10-9-25(17)15-19(27)16-32-21-12-22(29-3)24(31-5)23(13-21)30-4;2*3-1(4)2(5)6/h6-8,11-13,17,19,27H,9-10,14-16H2,1-5H3;2*(H,3,4)(H,5,6). The predicted octanol–water partition coefficient (Wildman–Crippen LogP) is -4.39. The maximum absolute atomic E-state index is 10.6. The van der Waals surface area contributed by atoms with Gasteiger partial charge in [-0.15, -0.1) is 0 Å². The van der Waals surface area contributed by atoms with Crippen molar-refractivity contribution in [1.82, 2.24) is 0 Å². The average molecular weight is 627 g/mol. The van der Waals surface area contributed by atoms with E-state index in [0.29, 0.717) is 35.6 Å². The maximum Gasteiger partial charge on any atom is 0.351 e. The van der Waals surface area contributed by atoms with Crippen molar-refractivity contribution in [1.29, 1.82) is 0 Å². The molecule has 4 unspecified atom stereocenters. The van der Waals surface area contributed by atoms with E-state index in [1.54, 1.807) is 40.6 Å². The first-order valence-corrected chi connectivity index (χ1v) is 13.1. The van der Waals surface area contributed by atoms with Crippen LogP contribution in [0.15, 0.2) is 36.4 Å². The Morgan fingerprint density at radius 3 is 1.84 bits per heavy atom. The summed E-state index contributed by atoms with van der Waals surface area (Å²) in [5.41, 5.74) is 1.25. The molecule has 16 nitrogen and oxygen atoms in total. The normalized spacial score (nSPS) is 17.6. The molecule has 1 saturated heterocycles. The number of carboxylic acids is 4. The fourth-order valence-corrected chi connectivity index (χ4v) is 4.28. The van der Waals surface area contributed by atoms with E-state index in [1.165, 1.54) is 15.5 Å². The number of aliphatic hydroxyl groups is 1. The van der Waals surface area contributed by atoms with Gasteiger partial charge in [0, 0.05) is 18.2 Å². The summed E-state index contributed by atoms with van der Waals surface area (Å²) in [5, 5.41) is 43.3. The van der Waals surface area contributed by atoms with Gasteiger partial charge in [-0.2, -0.15) is 0 Å². The second-order valence-corrected chi connectivity index (χ2v) is 9.31. The molecule has 244 valence electrons. The van der Waals surface area contributed by atoms with Crippen LogP contribution in [0.3, 0.4) is 0 Å². The minimum atomic E-state index is -2.07. The zero-order valence-corrected chi connectivity index (χ0v) is 25.0. The molecular formula is C28H38N2O14. The number of ether oxygens (including phenoxy) is 5. The zero-order valence-electron chi connectivity index (χ0n) is 25.0. The van der Waals surface area contributed by atoms with Crippen LogP contribution in [0.1, 0.15) is 6.92 Å². The number of rotatable bonds is 10. The van der Waals surface area contributed by atoms with Gasteiger partial charge in [0.2, 0.25) is 5.75 Å². The highest BCUT2D eigenvalue weighted by molar-refractivity contribution is 6.26. The van der Waals surface area contributed by atoms with Crippen molar-refractivity contribution in [3.8, 4) is 28.7 Å². The van der Waals surface area contributed by atoms with Gasteiger partial charge in [-0.1, -0.05) is 6.07 Å². The van der Waals surface area contributed by atoms with Crippen LogP contribution < -0.4 is 43.7 Å². The van der Waals surface area contributed by atoms with Gasteiger partial charge in [-0.3, -0.25) is 4.90 Å². The molecule has 0 radical (unpaired) electrons. The molecule has 2 aromatic carbocycles. The van der Waals surface area contributed by atoms with Crippen molar-refractivity contribution in [3.05, 3.63) is 36.4 Å². The minimum Gasteiger partial charge on any atom is -0.539 e. The molecule has 0 saturated carbocycles.